The van der Waals surface area contributed by atoms with Gasteiger partial charge in [-0.25, -0.2) is 4.79 Å². The highest BCUT2D eigenvalue weighted by molar-refractivity contribution is 5.67. The van der Waals surface area contributed by atoms with Gasteiger partial charge in [0.05, 0.1) is 0 Å². The summed E-state index contributed by atoms with van der Waals surface area (Å²) in [5, 5.41) is 2.45. The number of rotatable bonds is 4. The lowest BCUT2D eigenvalue weighted by molar-refractivity contribution is -0.0689. The molecule has 0 saturated carbocycles. The number of nitrogens with one attached hydrogen (secondary N) is 1. The second kappa shape index (κ2) is 5.97. The Morgan fingerprint density at radius 3 is 2.73 bits per heavy atom. The van der Waals surface area contributed by atoms with Crippen molar-refractivity contribution in [2.24, 2.45) is 0 Å². The van der Waals surface area contributed by atoms with Crippen LogP contribution >= 0.6 is 0 Å². The molecule has 0 aromatic rings. The number of alkyl carbamates (subject to hydrolysis) is 1. The minimum atomic E-state index is -0.716. The van der Waals surface area contributed by atoms with Crippen molar-refractivity contribution in [3.63, 3.8) is 0 Å². The van der Waals surface area contributed by atoms with E-state index < -0.39 is 12.4 Å². The maximum absolute atomic E-state index is 10.7. The van der Waals surface area contributed by atoms with Gasteiger partial charge in [-0.1, -0.05) is 0 Å². The molecule has 0 fully saturated rings. The summed E-state index contributed by atoms with van der Waals surface area (Å²) < 4.78 is 9.51. The minimum Gasteiger partial charge on any atom is -0.420 e. The zero-order chi connectivity index (χ0) is 8.69. The Morgan fingerprint density at radius 1 is 1.64 bits per heavy atom. The van der Waals surface area contributed by atoms with Crippen molar-refractivity contribution in [1.29, 1.82) is 0 Å². The molecule has 0 rings (SSSR count). The Kier molecular flexibility index (Phi) is 5.56. The minimum absolute atomic E-state index is 0.480. The highest BCUT2D eigenvalue weighted by Crippen LogP contribution is 1.91. The molecule has 0 aliphatic heterocycles. The Labute approximate surface area is 66.9 Å². The van der Waals surface area contributed by atoms with Gasteiger partial charge in [-0.05, 0) is 13.8 Å². The Hall–Kier alpha value is -0.770. The van der Waals surface area contributed by atoms with Gasteiger partial charge in [0.2, 0.25) is 6.29 Å². The van der Waals surface area contributed by atoms with E-state index in [0.29, 0.717) is 13.2 Å². The van der Waals surface area contributed by atoms with Crippen LogP contribution in [0.2, 0.25) is 0 Å². The van der Waals surface area contributed by atoms with Crippen molar-refractivity contribution < 1.29 is 14.3 Å². The zero-order valence-corrected chi connectivity index (χ0v) is 6.92. The molecule has 4 nitrogen and oxygen atoms in total. The molecular formula is C7H14NO3. The number of hydrogen-bond donors (Lipinski definition) is 1. The predicted octanol–water partition coefficient (Wildman–Crippen LogP) is 0.929. The second-order valence-electron chi connectivity index (χ2n) is 1.82. The van der Waals surface area contributed by atoms with Crippen LogP contribution in [0.4, 0.5) is 4.79 Å². The average Bonchev–Trinajstić information content (AvgIpc) is 1.87. The van der Waals surface area contributed by atoms with Crippen molar-refractivity contribution in [2.75, 3.05) is 13.2 Å². The molecule has 0 aromatic heterocycles. The van der Waals surface area contributed by atoms with Gasteiger partial charge < -0.3 is 14.8 Å². The number of carbonyl (C=O) groups excluding carboxylic acids is 1. The monoisotopic (exact) mass is 160 g/mol. The highest BCUT2D eigenvalue weighted by atomic mass is 16.7. The summed E-state index contributed by atoms with van der Waals surface area (Å²) in [6.07, 6.45) is -1.22. The van der Waals surface area contributed by atoms with Crippen molar-refractivity contribution in [3.8, 4) is 0 Å². The fourth-order valence-electron chi connectivity index (χ4n) is 0.525. The van der Waals surface area contributed by atoms with E-state index in [0.717, 1.165) is 0 Å². The van der Waals surface area contributed by atoms with E-state index in [1.54, 1.807) is 13.8 Å². The lowest BCUT2D eigenvalue weighted by Gasteiger charge is -2.12. The van der Waals surface area contributed by atoms with E-state index in [-0.39, 0.29) is 0 Å². The van der Waals surface area contributed by atoms with Gasteiger partial charge in [0, 0.05) is 20.1 Å². The molecular weight excluding hydrogens is 146 g/mol. The molecule has 65 valence electrons. The third kappa shape index (κ3) is 5.66. The van der Waals surface area contributed by atoms with Crippen LogP contribution in [-0.2, 0) is 9.47 Å². The zero-order valence-electron chi connectivity index (χ0n) is 6.92. The summed E-state index contributed by atoms with van der Waals surface area (Å²) >= 11 is 0. The fraction of sp³-hybridized carbons (Fsp3) is 0.714. The Bertz CT molecular complexity index is 116. The normalized spacial score (nSPS) is 12.3. The first-order valence-electron chi connectivity index (χ1n) is 3.59. The average molecular weight is 160 g/mol. The third-order valence-electron chi connectivity index (χ3n) is 0.912. The summed E-state index contributed by atoms with van der Waals surface area (Å²) in [5.41, 5.74) is 0. The van der Waals surface area contributed by atoms with Crippen LogP contribution in [0.15, 0.2) is 0 Å². The number of ether oxygens (including phenoxy) is 2. The van der Waals surface area contributed by atoms with Crippen LogP contribution in [-0.4, -0.2) is 25.5 Å². The molecule has 0 aliphatic carbocycles. The summed E-state index contributed by atoms with van der Waals surface area (Å²) in [7, 11) is 0. The molecule has 4 heteroatoms. The maximum atomic E-state index is 10.7. The summed E-state index contributed by atoms with van der Waals surface area (Å²) in [4.78, 5) is 10.7. The highest BCUT2D eigenvalue weighted by Gasteiger charge is 2.06. The van der Waals surface area contributed by atoms with E-state index in [2.05, 4.69) is 17.0 Å². The Balaban J connectivity index is 3.40. The molecule has 0 aromatic carbocycles. The lowest BCUT2D eigenvalue weighted by Crippen LogP contribution is -2.28. The third-order valence-corrected chi connectivity index (χ3v) is 0.912. The van der Waals surface area contributed by atoms with E-state index in [1.165, 1.54) is 0 Å². The SMILES string of the molecule is [CH2]C(OCC)OC(=O)NCC. The molecule has 0 spiro atoms. The summed E-state index contributed by atoms with van der Waals surface area (Å²) in [5.74, 6) is 0. The van der Waals surface area contributed by atoms with Crippen molar-refractivity contribution in [1.82, 2.24) is 5.32 Å². The molecule has 1 amide bonds. The first-order valence-corrected chi connectivity index (χ1v) is 3.59. The fourth-order valence-corrected chi connectivity index (χ4v) is 0.525. The van der Waals surface area contributed by atoms with Gasteiger partial charge in [-0.15, -0.1) is 0 Å². The Morgan fingerprint density at radius 2 is 2.27 bits per heavy atom. The molecule has 1 radical (unpaired) electrons. The van der Waals surface area contributed by atoms with E-state index in [1.807, 2.05) is 0 Å². The van der Waals surface area contributed by atoms with Crippen LogP contribution in [0.5, 0.6) is 0 Å². The lowest BCUT2D eigenvalue weighted by atomic mass is 10.7. The largest absolute Gasteiger partial charge is 0.420 e. The second-order valence-corrected chi connectivity index (χ2v) is 1.82. The van der Waals surface area contributed by atoms with E-state index >= 15 is 0 Å². The van der Waals surface area contributed by atoms with Gasteiger partial charge in [0.25, 0.3) is 0 Å². The molecule has 1 atom stereocenters. The van der Waals surface area contributed by atoms with Crippen molar-refractivity contribution in [3.05, 3.63) is 6.92 Å². The number of carbonyl (C=O) groups is 1. The van der Waals surface area contributed by atoms with Crippen LogP contribution < -0.4 is 5.32 Å². The molecule has 11 heavy (non-hydrogen) atoms. The number of hydrogen-bond acceptors (Lipinski definition) is 3. The van der Waals surface area contributed by atoms with Crippen LogP contribution in [0.1, 0.15) is 13.8 Å². The molecule has 0 bridgehead atoms. The smallest absolute Gasteiger partial charge is 0.409 e. The van der Waals surface area contributed by atoms with Crippen molar-refractivity contribution in [2.45, 2.75) is 20.1 Å². The summed E-state index contributed by atoms with van der Waals surface area (Å²) in [6.45, 7) is 8.07. The molecule has 0 aliphatic rings. The number of amides is 1. The van der Waals surface area contributed by atoms with E-state index in [9.17, 15) is 4.79 Å². The maximum Gasteiger partial charge on any atom is 0.409 e. The van der Waals surface area contributed by atoms with Crippen molar-refractivity contribution >= 4 is 6.09 Å². The molecule has 0 saturated heterocycles. The standard InChI is InChI=1S/C7H14NO3/c1-4-8-7(9)11-6(3)10-5-2/h6H,3-5H2,1-2H3,(H,8,9). The predicted molar refractivity (Wildman–Crippen MR) is 40.9 cm³/mol. The first kappa shape index (κ1) is 10.2. The quantitative estimate of drug-likeness (QED) is 0.622. The first-order chi connectivity index (χ1) is 5.20. The van der Waals surface area contributed by atoms with Gasteiger partial charge in [-0.2, -0.15) is 0 Å². The molecule has 1 unspecified atom stereocenters. The van der Waals surface area contributed by atoms with Crippen LogP contribution in [0.3, 0.4) is 0 Å². The van der Waals surface area contributed by atoms with Gasteiger partial charge in [0.15, 0.2) is 0 Å². The summed E-state index contributed by atoms with van der Waals surface area (Å²) in [6, 6.07) is 0. The van der Waals surface area contributed by atoms with Gasteiger partial charge >= 0.3 is 6.09 Å². The molecule has 0 heterocycles. The molecule has 1 N–H and O–H groups in total. The topological polar surface area (TPSA) is 47.6 Å². The van der Waals surface area contributed by atoms with E-state index in [4.69, 9.17) is 4.74 Å². The van der Waals surface area contributed by atoms with Gasteiger partial charge in [0.1, 0.15) is 0 Å². The van der Waals surface area contributed by atoms with Crippen LogP contribution in [0.25, 0.3) is 0 Å². The van der Waals surface area contributed by atoms with Crippen LogP contribution in [0, 0.1) is 6.92 Å². The van der Waals surface area contributed by atoms with Gasteiger partial charge in [-0.3, -0.25) is 0 Å².